The van der Waals surface area contributed by atoms with Crippen LogP contribution in [-0.2, 0) is 0 Å². The molecule has 2 rings (SSSR count). The summed E-state index contributed by atoms with van der Waals surface area (Å²) in [4.78, 5) is 0. The Morgan fingerprint density at radius 1 is 1.05 bits per heavy atom. The number of halogens is 2. The van der Waals surface area contributed by atoms with Gasteiger partial charge in [-0.05, 0) is 37.3 Å². The van der Waals surface area contributed by atoms with E-state index >= 15 is 0 Å². The predicted molar refractivity (Wildman–Crippen MR) is 88.0 cm³/mol. The second-order valence-electron chi connectivity index (χ2n) is 4.58. The van der Waals surface area contributed by atoms with E-state index in [2.05, 4.69) is 5.32 Å². The summed E-state index contributed by atoms with van der Waals surface area (Å²) in [6.07, 6.45) is 0. The van der Waals surface area contributed by atoms with Crippen LogP contribution in [0.1, 0.15) is 18.5 Å². The molecule has 0 amide bonds. The second-order valence-corrected chi connectivity index (χ2v) is 5.36. The third kappa shape index (κ3) is 3.55. The molecule has 0 bridgehead atoms. The molecule has 1 unspecified atom stereocenters. The highest BCUT2D eigenvalue weighted by atomic mass is 35.5. The summed E-state index contributed by atoms with van der Waals surface area (Å²) in [5.74, 6) is 1.56. The lowest BCUT2D eigenvalue weighted by Gasteiger charge is -2.20. The van der Waals surface area contributed by atoms with E-state index in [1.54, 1.807) is 20.3 Å². The first-order valence-electron chi connectivity index (χ1n) is 6.49. The molecular weight excluding hydrogens is 309 g/mol. The number of anilines is 1. The topological polar surface area (TPSA) is 30.5 Å². The molecule has 0 radical (unpaired) electrons. The molecule has 21 heavy (non-hydrogen) atoms. The van der Waals surface area contributed by atoms with Gasteiger partial charge < -0.3 is 14.8 Å². The molecule has 0 aromatic heterocycles. The van der Waals surface area contributed by atoms with Gasteiger partial charge in [-0.2, -0.15) is 0 Å². The average molecular weight is 326 g/mol. The van der Waals surface area contributed by atoms with Gasteiger partial charge in [0.1, 0.15) is 11.5 Å². The summed E-state index contributed by atoms with van der Waals surface area (Å²) in [5, 5.41) is 4.37. The van der Waals surface area contributed by atoms with Gasteiger partial charge in [-0.1, -0.05) is 29.3 Å². The first-order valence-corrected chi connectivity index (χ1v) is 7.25. The van der Waals surface area contributed by atoms with E-state index < -0.39 is 0 Å². The van der Waals surface area contributed by atoms with Gasteiger partial charge in [0.05, 0.1) is 36.0 Å². The fourth-order valence-electron chi connectivity index (χ4n) is 2.10. The van der Waals surface area contributed by atoms with E-state index in [9.17, 15) is 0 Å². The highest BCUT2D eigenvalue weighted by Gasteiger charge is 2.14. The molecule has 3 nitrogen and oxygen atoms in total. The third-order valence-corrected chi connectivity index (χ3v) is 4.05. The molecule has 0 aliphatic rings. The summed E-state index contributed by atoms with van der Waals surface area (Å²) in [6, 6.07) is 11.2. The normalized spacial score (nSPS) is 11.9. The SMILES string of the molecule is COc1ccc(OC)c(C(C)Nc2cccc(Cl)c2Cl)c1. The summed E-state index contributed by atoms with van der Waals surface area (Å²) >= 11 is 12.2. The molecule has 0 aliphatic heterocycles. The molecule has 1 atom stereocenters. The van der Waals surface area contributed by atoms with Crippen LogP contribution in [0.4, 0.5) is 5.69 Å². The molecule has 0 aliphatic carbocycles. The fourth-order valence-corrected chi connectivity index (χ4v) is 2.46. The van der Waals surface area contributed by atoms with Crippen molar-refractivity contribution in [3.63, 3.8) is 0 Å². The molecule has 0 saturated carbocycles. The lowest BCUT2D eigenvalue weighted by molar-refractivity contribution is 0.397. The van der Waals surface area contributed by atoms with Gasteiger partial charge in [-0.25, -0.2) is 0 Å². The van der Waals surface area contributed by atoms with Crippen molar-refractivity contribution in [2.24, 2.45) is 0 Å². The standard InChI is InChI=1S/C16H17Cl2NO2/c1-10(19-14-6-4-5-13(17)16(14)18)12-9-11(20-2)7-8-15(12)21-3/h4-10,19H,1-3H3. The van der Waals surface area contributed by atoms with Gasteiger partial charge in [-0.15, -0.1) is 0 Å². The van der Waals surface area contributed by atoms with E-state index in [1.807, 2.05) is 37.3 Å². The van der Waals surface area contributed by atoms with Crippen molar-refractivity contribution in [2.75, 3.05) is 19.5 Å². The largest absolute Gasteiger partial charge is 0.497 e. The van der Waals surface area contributed by atoms with Crippen molar-refractivity contribution in [2.45, 2.75) is 13.0 Å². The molecule has 0 fully saturated rings. The van der Waals surface area contributed by atoms with Crippen molar-refractivity contribution in [3.8, 4) is 11.5 Å². The van der Waals surface area contributed by atoms with E-state index in [0.29, 0.717) is 10.0 Å². The smallest absolute Gasteiger partial charge is 0.124 e. The highest BCUT2D eigenvalue weighted by Crippen LogP contribution is 2.35. The first-order chi connectivity index (χ1) is 10.1. The molecule has 0 spiro atoms. The Morgan fingerprint density at radius 2 is 1.81 bits per heavy atom. The van der Waals surface area contributed by atoms with Crippen LogP contribution in [0.5, 0.6) is 11.5 Å². The van der Waals surface area contributed by atoms with Crippen molar-refractivity contribution in [1.82, 2.24) is 0 Å². The summed E-state index contributed by atoms with van der Waals surface area (Å²) in [6.45, 7) is 2.02. The Balaban J connectivity index is 2.31. The van der Waals surface area contributed by atoms with Crippen LogP contribution in [0.2, 0.25) is 10.0 Å². The van der Waals surface area contributed by atoms with E-state index in [1.165, 1.54) is 0 Å². The maximum Gasteiger partial charge on any atom is 0.124 e. The maximum absolute atomic E-state index is 6.21. The molecule has 1 N–H and O–H groups in total. The quantitative estimate of drug-likeness (QED) is 0.821. The zero-order valence-electron chi connectivity index (χ0n) is 12.1. The summed E-state index contributed by atoms with van der Waals surface area (Å²) in [5.41, 5.74) is 1.76. The molecule has 2 aromatic rings. The second kappa shape index (κ2) is 6.92. The Morgan fingerprint density at radius 3 is 2.48 bits per heavy atom. The Bertz CT molecular complexity index is 632. The zero-order chi connectivity index (χ0) is 15.4. The van der Waals surface area contributed by atoms with Crippen LogP contribution in [0.15, 0.2) is 36.4 Å². The van der Waals surface area contributed by atoms with E-state index in [0.717, 1.165) is 22.7 Å². The van der Waals surface area contributed by atoms with E-state index in [-0.39, 0.29) is 6.04 Å². The monoisotopic (exact) mass is 325 g/mol. The summed E-state index contributed by atoms with van der Waals surface area (Å²) in [7, 11) is 3.28. The molecule has 0 heterocycles. The van der Waals surface area contributed by atoms with Gasteiger partial charge in [-0.3, -0.25) is 0 Å². The predicted octanol–water partition coefficient (Wildman–Crippen LogP) is 5.18. The number of hydrogen-bond donors (Lipinski definition) is 1. The fraction of sp³-hybridized carbons (Fsp3) is 0.250. The van der Waals surface area contributed by atoms with Crippen LogP contribution in [0, 0.1) is 0 Å². The van der Waals surface area contributed by atoms with Gasteiger partial charge >= 0.3 is 0 Å². The number of ether oxygens (including phenoxy) is 2. The molecule has 2 aromatic carbocycles. The van der Waals surface area contributed by atoms with E-state index in [4.69, 9.17) is 32.7 Å². The number of nitrogens with one attached hydrogen (secondary N) is 1. The Kier molecular flexibility index (Phi) is 5.21. The number of rotatable bonds is 5. The van der Waals surface area contributed by atoms with Crippen molar-refractivity contribution in [1.29, 1.82) is 0 Å². The Labute approximate surface area is 134 Å². The van der Waals surface area contributed by atoms with Gasteiger partial charge in [0, 0.05) is 5.56 Å². The number of benzene rings is 2. The van der Waals surface area contributed by atoms with Crippen molar-refractivity contribution >= 4 is 28.9 Å². The minimum atomic E-state index is -0.0222. The summed E-state index contributed by atoms with van der Waals surface area (Å²) < 4.78 is 10.7. The average Bonchev–Trinajstić information content (AvgIpc) is 2.51. The number of hydrogen-bond acceptors (Lipinski definition) is 3. The van der Waals surface area contributed by atoms with Crippen LogP contribution < -0.4 is 14.8 Å². The first kappa shape index (κ1) is 15.8. The maximum atomic E-state index is 6.21. The minimum absolute atomic E-state index is 0.0222. The Hall–Kier alpha value is -1.58. The number of methoxy groups -OCH3 is 2. The zero-order valence-corrected chi connectivity index (χ0v) is 13.6. The van der Waals surface area contributed by atoms with Crippen molar-refractivity contribution < 1.29 is 9.47 Å². The minimum Gasteiger partial charge on any atom is -0.497 e. The van der Waals surface area contributed by atoms with Gasteiger partial charge in [0.25, 0.3) is 0 Å². The molecule has 0 saturated heterocycles. The highest BCUT2D eigenvalue weighted by molar-refractivity contribution is 6.43. The lowest BCUT2D eigenvalue weighted by atomic mass is 10.1. The molecule has 5 heteroatoms. The van der Waals surface area contributed by atoms with Gasteiger partial charge in [0.2, 0.25) is 0 Å². The van der Waals surface area contributed by atoms with Crippen molar-refractivity contribution in [3.05, 3.63) is 52.0 Å². The van der Waals surface area contributed by atoms with Crippen LogP contribution in [0.3, 0.4) is 0 Å². The van der Waals surface area contributed by atoms with Gasteiger partial charge in [0.15, 0.2) is 0 Å². The lowest BCUT2D eigenvalue weighted by Crippen LogP contribution is -2.09. The van der Waals surface area contributed by atoms with Crippen LogP contribution in [-0.4, -0.2) is 14.2 Å². The third-order valence-electron chi connectivity index (χ3n) is 3.23. The van der Waals surface area contributed by atoms with Crippen LogP contribution in [0.25, 0.3) is 0 Å². The van der Waals surface area contributed by atoms with Crippen LogP contribution >= 0.6 is 23.2 Å². The molecule has 112 valence electrons. The molecular formula is C16H17Cl2NO2.